The van der Waals surface area contributed by atoms with E-state index in [2.05, 4.69) is 40.8 Å². The van der Waals surface area contributed by atoms with Crippen LogP contribution in [-0.2, 0) is 13.1 Å². The molecule has 2 heterocycles. The molecule has 2 aliphatic rings. The van der Waals surface area contributed by atoms with E-state index in [9.17, 15) is 5.11 Å². The largest absolute Gasteiger partial charge is 0.387 e. The van der Waals surface area contributed by atoms with Crippen LogP contribution < -0.4 is 0 Å². The Hall–Kier alpha value is -1.39. The van der Waals surface area contributed by atoms with Crippen molar-refractivity contribution >= 4 is 10.9 Å². The van der Waals surface area contributed by atoms with Gasteiger partial charge in [0.15, 0.2) is 0 Å². The molecule has 0 unspecified atom stereocenters. The summed E-state index contributed by atoms with van der Waals surface area (Å²) in [5.41, 5.74) is 1.95. The summed E-state index contributed by atoms with van der Waals surface area (Å²) in [7, 11) is 0. The van der Waals surface area contributed by atoms with Crippen molar-refractivity contribution in [1.29, 1.82) is 0 Å². The highest BCUT2D eigenvalue weighted by molar-refractivity contribution is 5.81. The fourth-order valence-electron chi connectivity index (χ4n) is 3.48. The smallest absolute Gasteiger partial charge is 0.0928 e. The van der Waals surface area contributed by atoms with Gasteiger partial charge in [0.2, 0.25) is 0 Å². The van der Waals surface area contributed by atoms with Crippen LogP contribution in [0.4, 0.5) is 0 Å². The topological polar surface area (TPSA) is 41.3 Å². The van der Waals surface area contributed by atoms with E-state index in [-0.39, 0.29) is 0 Å². The van der Waals surface area contributed by atoms with E-state index < -0.39 is 5.60 Å². The standard InChI is InChI=1S/C16H21N3O/c1-2-19-15-6-4-3-5-13(15)14(17-19)9-18-10-16(20,11-18)12-7-8-12/h3-6,12,20H,2,7-11H2,1H3. The summed E-state index contributed by atoms with van der Waals surface area (Å²) in [5, 5.41) is 16.4. The lowest BCUT2D eigenvalue weighted by molar-refractivity contribution is -0.116. The highest BCUT2D eigenvalue weighted by atomic mass is 16.3. The number of fused-ring (bicyclic) bond motifs is 1. The van der Waals surface area contributed by atoms with Crippen molar-refractivity contribution < 1.29 is 5.11 Å². The summed E-state index contributed by atoms with van der Waals surface area (Å²) in [6.45, 7) is 5.49. The molecular weight excluding hydrogens is 250 g/mol. The second kappa shape index (κ2) is 4.30. The zero-order valence-corrected chi connectivity index (χ0v) is 11.9. The van der Waals surface area contributed by atoms with Crippen molar-refractivity contribution in [1.82, 2.24) is 14.7 Å². The van der Waals surface area contributed by atoms with Crippen molar-refractivity contribution in [3.05, 3.63) is 30.0 Å². The van der Waals surface area contributed by atoms with E-state index in [1.807, 2.05) is 0 Å². The minimum Gasteiger partial charge on any atom is -0.387 e. The minimum absolute atomic E-state index is 0.400. The second-order valence-electron chi connectivity index (χ2n) is 6.30. The van der Waals surface area contributed by atoms with Gasteiger partial charge in [-0.25, -0.2) is 0 Å². The lowest BCUT2D eigenvalue weighted by atomic mass is 9.88. The fourth-order valence-corrected chi connectivity index (χ4v) is 3.48. The molecule has 20 heavy (non-hydrogen) atoms. The van der Waals surface area contributed by atoms with Crippen LogP contribution in [0.5, 0.6) is 0 Å². The number of aromatic nitrogens is 2. The Kier molecular flexibility index (Phi) is 2.66. The Morgan fingerprint density at radius 2 is 2.05 bits per heavy atom. The summed E-state index contributed by atoms with van der Waals surface area (Å²) < 4.78 is 2.07. The Morgan fingerprint density at radius 1 is 1.30 bits per heavy atom. The lowest BCUT2D eigenvalue weighted by Gasteiger charge is -2.46. The molecule has 4 rings (SSSR count). The van der Waals surface area contributed by atoms with Crippen molar-refractivity contribution in [3.8, 4) is 0 Å². The molecule has 1 saturated heterocycles. The van der Waals surface area contributed by atoms with Gasteiger partial charge < -0.3 is 5.11 Å². The van der Waals surface area contributed by atoms with Gasteiger partial charge in [0.1, 0.15) is 0 Å². The van der Waals surface area contributed by atoms with E-state index in [0.29, 0.717) is 5.92 Å². The van der Waals surface area contributed by atoms with Gasteiger partial charge >= 0.3 is 0 Å². The molecule has 1 aromatic heterocycles. The van der Waals surface area contributed by atoms with Gasteiger partial charge in [0, 0.05) is 31.6 Å². The molecule has 0 atom stereocenters. The molecule has 1 aromatic carbocycles. The summed E-state index contributed by atoms with van der Waals surface area (Å²) >= 11 is 0. The molecule has 2 fully saturated rings. The molecule has 1 aliphatic heterocycles. The second-order valence-corrected chi connectivity index (χ2v) is 6.30. The minimum atomic E-state index is -0.400. The highest BCUT2D eigenvalue weighted by Gasteiger charge is 2.51. The molecule has 0 radical (unpaired) electrons. The number of para-hydroxylation sites is 1. The Morgan fingerprint density at radius 3 is 2.75 bits per heavy atom. The number of aryl methyl sites for hydroxylation is 1. The monoisotopic (exact) mass is 271 g/mol. The van der Waals surface area contributed by atoms with Gasteiger partial charge in [-0.2, -0.15) is 5.10 Å². The number of nitrogens with zero attached hydrogens (tertiary/aromatic N) is 3. The summed E-state index contributed by atoms with van der Waals surface area (Å²) in [4.78, 5) is 2.31. The quantitative estimate of drug-likeness (QED) is 0.925. The Labute approximate surface area is 119 Å². The first kappa shape index (κ1) is 12.4. The van der Waals surface area contributed by atoms with Gasteiger partial charge in [-0.3, -0.25) is 9.58 Å². The zero-order valence-electron chi connectivity index (χ0n) is 11.9. The number of likely N-dealkylation sites (tertiary alicyclic amines) is 1. The molecule has 0 spiro atoms. The summed E-state index contributed by atoms with van der Waals surface area (Å²) in [6, 6.07) is 8.42. The lowest BCUT2D eigenvalue weighted by Crippen LogP contribution is -2.62. The molecule has 0 amide bonds. The highest BCUT2D eigenvalue weighted by Crippen LogP contribution is 2.44. The molecule has 4 heteroatoms. The van der Waals surface area contributed by atoms with Gasteiger partial charge in [-0.1, -0.05) is 18.2 Å². The van der Waals surface area contributed by atoms with Crippen molar-refractivity contribution in [2.24, 2.45) is 5.92 Å². The van der Waals surface area contributed by atoms with Crippen LogP contribution >= 0.6 is 0 Å². The van der Waals surface area contributed by atoms with Gasteiger partial charge in [0.05, 0.1) is 16.8 Å². The maximum atomic E-state index is 10.4. The molecule has 106 valence electrons. The third-order valence-electron chi connectivity index (χ3n) is 4.74. The first-order chi connectivity index (χ1) is 9.69. The van der Waals surface area contributed by atoms with Crippen LogP contribution in [0.3, 0.4) is 0 Å². The number of β-amino-alcohol motifs (C(OH)–C–C–N with tert-alkyl or cyclic N) is 1. The van der Waals surface area contributed by atoms with E-state index in [1.165, 1.54) is 23.7 Å². The molecule has 2 aromatic rings. The summed E-state index contributed by atoms with van der Waals surface area (Å²) in [6.07, 6.45) is 2.41. The maximum absolute atomic E-state index is 10.4. The Balaban J connectivity index is 1.55. The average molecular weight is 271 g/mol. The molecule has 1 N–H and O–H groups in total. The predicted molar refractivity (Wildman–Crippen MR) is 78.4 cm³/mol. The molecule has 1 saturated carbocycles. The molecule has 1 aliphatic carbocycles. The van der Waals surface area contributed by atoms with Crippen LogP contribution in [-0.4, -0.2) is 38.5 Å². The van der Waals surface area contributed by atoms with Crippen LogP contribution in [0.2, 0.25) is 0 Å². The van der Waals surface area contributed by atoms with Crippen molar-refractivity contribution in [2.75, 3.05) is 13.1 Å². The molecular formula is C16H21N3O. The number of hydrogen-bond acceptors (Lipinski definition) is 3. The first-order valence-corrected chi connectivity index (χ1v) is 7.59. The number of hydrogen-bond donors (Lipinski definition) is 1. The van der Waals surface area contributed by atoms with Crippen molar-refractivity contribution in [3.63, 3.8) is 0 Å². The third-order valence-corrected chi connectivity index (χ3v) is 4.74. The maximum Gasteiger partial charge on any atom is 0.0928 e. The van der Waals surface area contributed by atoms with Crippen LogP contribution in [0, 0.1) is 5.92 Å². The van der Waals surface area contributed by atoms with Crippen LogP contribution in [0.15, 0.2) is 24.3 Å². The molecule has 0 bridgehead atoms. The first-order valence-electron chi connectivity index (χ1n) is 7.59. The fraction of sp³-hybridized carbons (Fsp3) is 0.562. The Bertz CT molecular complexity index is 638. The van der Waals surface area contributed by atoms with E-state index in [1.54, 1.807) is 0 Å². The molecule has 4 nitrogen and oxygen atoms in total. The van der Waals surface area contributed by atoms with E-state index in [4.69, 9.17) is 5.10 Å². The SMILES string of the molecule is CCn1nc(CN2CC(O)(C3CC3)C2)c2ccccc21. The zero-order chi connectivity index (χ0) is 13.7. The number of aliphatic hydroxyl groups is 1. The normalized spacial score (nSPS) is 22.1. The summed E-state index contributed by atoms with van der Waals surface area (Å²) in [5.74, 6) is 0.559. The van der Waals surface area contributed by atoms with E-state index in [0.717, 1.165) is 31.9 Å². The third kappa shape index (κ3) is 1.86. The van der Waals surface area contributed by atoms with E-state index >= 15 is 0 Å². The van der Waals surface area contributed by atoms with Crippen LogP contribution in [0.25, 0.3) is 10.9 Å². The van der Waals surface area contributed by atoms with Gasteiger partial charge in [-0.05, 0) is 31.7 Å². The number of benzene rings is 1. The van der Waals surface area contributed by atoms with Gasteiger partial charge in [0.25, 0.3) is 0 Å². The van der Waals surface area contributed by atoms with Gasteiger partial charge in [-0.15, -0.1) is 0 Å². The predicted octanol–water partition coefficient (Wildman–Crippen LogP) is 2.01. The number of rotatable bonds is 4. The van der Waals surface area contributed by atoms with Crippen LogP contribution in [0.1, 0.15) is 25.5 Å². The average Bonchev–Trinajstić information content (AvgIpc) is 3.21. The van der Waals surface area contributed by atoms with Crippen molar-refractivity contribution in [2.45, 2.75) is 38.5 Å².